The van der Waals surface area contributed by atoms with E-state index in [1.165, 1.54) is 6.07 Å². The summed E-state index contributed by atoms with van der Waals surface area (Å²) in [5.74, 6) is 0.421. The Hall–Kier alpha value is -2.28. The molecule has 0 saturated carbocycles. The molecule has 1 aromatic carbocycles. The molecule has 0 radical (unpaired) electrons. The van der Waals surface area contributed by atoms with Crippen molar-refractivity contribution in [2.45, 2.75) is 20.4 Å². The minimum Gasteiger partial charge on any atom is -0.467 e. The summed E-state index contributed by atoms with van der Waals surface area (Å²) in [6.45, 7) is 4.08. The first-order valence-corrected chi connectivity index (χ1v) is 5.59. The molecule has 0 aliphatic rings. The number of benzene rings is 1. The van der Waals surface area contributed by atoms with Gasteiger partial charge in [-0.15, -0.1) is 0 Å². The number of nitrogens with one attached hydrogen (secondary N) is 1. The summed E-state index contributed by atoms with van der Waals surface area (Å²) in [4.78, 5) is 0. The van der Waals surface area contributed by atoms with E-state index in [2.05, 4.69) is 5.32 Å². The lowest BCUT2D eigenvalue weighted by Crippen LogP contribution is -2.03. The van der Waals surface area contributed by atoms with Gasteiger partial charge in [-0.25, -0.2) is 4.39 Å². The number of halogens is 1. The van der Waals surface area contributed by atoms with Crippen LogP contribution < -0.4 is 5.32 Å². The molecule has 0 spiro atoms. The number of anilines is 1. The van der Waals surface area contributed by atoms with Gasteiger partial charge in [0, 0.05) is 11.3 Å². The zero-order chi connectivity index (χ0) is 13.1. The van der Waals surface area contributed by atoms with Gasteiger partial charge < -0.3 is 9.73 Å². The Morgan fingerprint density at radius 1 is 1.39 bits per heavy atom. The maximum Gasteiger partial charge on any atom is 0.129 e. The molecule has 0 fully saturated rings. The van der Waals surface area contributed by atoms with Crippen LogP contribution >= 0.6 is 0 Å². The zero-order valence-electron chi connectivity index (χ0n) is 10.2. The van der Waals surface area contributed by atoms with Gasteiger partial charge in [0.2, 0.25) is 0 Å². The predicted octanol–water partition coefficient (Wildman–Crippen LogP) is 3.52. The van der Waals surface area contributed by atoms with Crippen LogP contribution in [-0.2, 0) is 6.54 Å². The fourth-order valence-corrected chi connectivity index (χ4v) is 1.69. The van der Waals surface area contributed by atoms with Crippen LogP contribution in [0.3, 0.4) is 0 Å². The molecule has 0 aliphatic carbocycles. The smallest absolute Gasteiger partial charge is 0.129 e. The van der Waals surface area contributed by atoms with Crippen LogP contribution in [0.25, 0.3) is 0 Å². The van der Waals surface area contributed by atoms with Crippen LogP contribution in [0, 0.1) is 31.0 Å². The normalized spacial score (nSPS) is 10.1. The Balaban J connectivity index is 2.22. The first-order valence-electron chi connectivity index (χ1n) is 5.59. The molecular formula is C14H13FN2O. The van der Waals surface area contributed by atoms with Gasteiger partial charge in [-0.05, 0) is 37.6 Å². The quantitative estimate of drug-likeness (QED) is 0.898. The second-order valence-corrected chi connectivity index (χ2v) is 4.12. The van der Waals surface area contributed by atoms with Crippen molar-refractivity contribution in [3.63, 3.8) is 0 Å². The van der Waals surface area contributed by atoms with Crippen molar-refractivity contribution in [3.05, 3.63) is 52.7 Å². The first kappa shape index (κ1) is 12.2. The maximum atomic E-state index is 13.6. The van der Waals surface area contributed by atoms with Gasteiger partial charge in [-0.1, -0.05) is 0 Å². The van der Waals surface area contributed by atoms with E-state index in [-0.39, 0.29) is 5.82 Å². The van der Waals surface area contributed by atoms with E-state index in [4.69, 9.17) is 9.68 Å². The summed E-state index contributed by atoms with van der Waals surface area (Å²) in [5, 5.41) is 11.9. The molecule has 0 atom stereocenters. The molecule has 92 valence electrons. The molecule has 18 heavy (non-hydrogen) atoms. The largest absolute Gasteiger partial charge is 0.467 e. The van der Waals surface area contributed by atoms with E-state index in [1.54, 1.807) is 19.3 Å². The summed E-state index contributed by atoms with van der Waals surface area (Å²) >= 11 is 0. The van der Waals surface area contributed by atoms with Crippen molar-refractivity contribution >= 4 is 5.69 Å². The maximum absolute atomic E-state index is 13.6. The van der Waals surface area contributed by atoms with Crippen LogP contribution in [0.5, 0.6) is 0 Å². The lowest BCUT2D eigenvalue weighted by atomic mass is 10.1. The molecule has 1 aromatic heterocycles. The second-order valence-electron chi connectivity index (χ2n) is 4.12. The molecule has 4 heteroatoms. The van der Waals surface area contributed by atoms with Crippen LogP contribution in [0.15, 0.2) is 28.9 Å². The monoisotopic (exact) mass is 244 g/mol. The summed E-state index contributed by atoms with van der Waals surface area (Å²) < 4.78 is 18.8. The lowest BCUT2D eigenvalue weighted by Gasteiger charge is -2.10. The lowest BCUT2D eigenvalue weighted by molar-refractivity contribution is 0.515. The van der Waals surface area contributed by atoms with Crippen LogP contribution in [0.2, 0.25) is 0 Å². The molecule has 0 amide bonds. The third kappa shape index (κ3) is 2.35. The van der Waals surface area contributed by atoms with Crippen LogP contribution in [-0.4, -0.2) is 0 Å². The first-order chi connectivity index (χ1) is 8.61. The number of hydrogen-bond acceptors (Lipinski definition) is 3. The predicted molar refractivity (Wildman–Crippen MR) is 66.6 cm³/mol. The number of furan rings is 1. The van der Waals surface area contributed by atoms with Crippen molar-refractivity contribution in [2.24, 2.45) is 0 Å². The summed E-state index contributed by atoms with van der Waals surface area (Å²) in [6, 6.07) is 6.68. The number of rotatable bonds is 3. The van der Waals surface area contributed by atoms with Crippen LogP contribution in [0.4, 0.5) is 10.1 Å². The topological polar surface area (TPSA) is 49.0 Å². The van der Waals surface area contributed by atoms with Crippen LogP contribution in [0.1, 0.15) is 22.5 Å². The molecule has 0 saturated heterocycles. The fourth-order valence-electron chi connectivity index (χ4n) is 1.69. The third-order valence-corrected chi connectivity index (χ3v) is 2.88. The number of aryl methyl sites for hydroxylation is 1. The highest BCUT2D eigenvalue weighted by atomic mass is 19.1. The van der Waals surface area contributed by atoms with Crippen molar-refractivity contribution in [3.8, 4) is 6.07 Å². The fraction of sp³-hybridized carbons (Fsp3) is 0.214. The standard InChI is InChI=1S/C14H13FN2O/c1-9-3-4-18-14(9)8-17-13-6-11(7-16)5-12(15)10(13)2/h3-6,17H,8H2,1-2H3. The highest BCUT2D eigenvalue weighted by Crippen LogP contribution is 2.21. The molecule has 0 bridgehead atoms. The molecule has 2 aromatic rings. The van der Waals surface area contributed by atoms with E-state index >= 15 is 0 Å². The van der Waals surface area contributed by atoms with Gasteiger partial charge in [-0.3, -0.25) is 0 Å². The van der Waals surface area contributed by atoms with Crippen molar-refractivity contribution < 1.29 is 8.81 Å². The number of nitrogens with zero attached hydrogens (tertiary/aromatic N) is 1. The van der Waals surface area contributed by atoms with E-state index in [1.807, 2.05) is 19.1 Å². The van der Waals surface area contributed by atoms with Gasteiger partial charge in [0.15, 0.2) is 0 Å². The molecule has 2 rings (SSSR count). The van der Waals surface area contributed by atoms with E-state index in [0.717, 1.165) is 11.3 Å². The van der Waals surface area contributed by atoms with Gasteiger partial charge in [0.05, 0.1) is 24.4 Å². The van der Waals surface area contributed by atoms with Gasteiger partial charge in [-0.2, -0.15) is 5.26 Å². The zero-order valence-corrected chi connectivity index (χ0v) is 10.2. The van der Waals surface area contributed by atoms with Crippen molar-refractivity contribution in [1.82, 2.24) is 0 Å². The average molecular weight is 244 g/mol. The molecule has 3 nitrogen and oxygen atoms in total. The number of nitriles is 1. The minimum atomic E-state index is -0.382. The van der Waals surface area contributed by atoms with E-state index in [0.29, 0.717) is 23.4 Å². The van der Waals surface area contributed by atoms with E-state index in [9.17, 15) is 4.39 Å². The average Bonchev–Trinajstić information content (AvgIpc) is 2.76. The van der Waals surface area contributed by atoms with Gasteiger partial charge in [0.1, 0.15) is 11.6 Å². The second kappa shape index (κ2) is 4.92. The van der Waals surface area contributed by atoms with Crippen molar-refractivity contribution in [2.75, 3.05) is 5.32 Å². The summed E-state index contributed by atoms with van der Waals surface area (Å²) in [7, 11) is 0. The third-order valence-electron chi connectivity index (χ3n) is 2.88. The molecular weight excluding hydrogens is 231 g/mol. The summed E-state index contributed by atoms with van der Waals surface area (Å²) in [6.07, 6.45) is 1.62. The minimum absolute atomic E-state index is 0.303. The molecule has 0 unspecified atom stereocenters. The van der Waals surface area contributed by atoms with Crippen molar-refractivity contribution in [1.29, 1.82) is 5.26 Å². The SMILES string of the molecule is Cc1ccoc1CNc1cc(C#N)cc(F)c1C. The van der Waals surface area contributed by atoms with Gasteiger partial charge in [0.25, 0.3) is 0 Å². The number of hydrogen-bond donors (Lipinski definition) is 1. The Morgan fingerprint density at radius 2 is 2.17 bits per heavy atom. The van der Waals surface area contributed by atoms with Gasteiger partial charge >= 0.3 is 0 Å². The Bertz CT molecular complexity index is 611. The summed E-state index contributed by atoms with van der Waals surface area (Å²) in [5.41, 5.74) is 2.45. The molecule has 1 N–H and O–H groups in total. The Kier molecular flexibility index (Phi) is 3.33. The Morgan fingerprint density at radius 3 is 2.78 bits per heavy atom. The van der Waals surface area contributed by atoms with E-state index < -0.39 is 0 Å². The highest BCUT2D eigenvalue weighted by Gasteiger charge is 2.08. The highest BCUT2D eigenvalue weighted by molar-refractivity contribution is 5.56. The molecule has 1 heterocycles. The molecule has 0 aliphatic heterocycles. The Labute approximate surface area is 105 Å².